The van der Waals surface area contributed by atoms with Crippen molar-refractivity contribution in [1.82, 2.24) is 26.4 Å². The first-order valence-electron chi connectivity index (χ1n) is 28.4. The standard InChI is InChI=1S/C60H91N5O13/c1-11-43-30-37(6)60(63-55(43)72)41(10)53(70)40(9)51(78-60)33-49(69)35(4)20-14-12-15-21-36(5)50-26-17-13-16-25-48(68)39(8)54(71)45(28-27-38(7)66)56(73)62-52(34(2)3)57(74)61-47(32-42-22-18-23-44(67)31-42)58(75)65-29-19-24-46(64-65)59(76)77-50/h12-13,15-18,21-23,25,31,34-35,37,39-41,43,45-54,64,67-71H,11,14,19-20,24,26-30,32-33H2,1-10H3,(H,61,74)(H,62,73)(H,63,72)/b15-12+,17-13+,25-16+,36-21+/t35-,37?,39-,40-,41-,43-,45+,46-,47?,48-,49-,50-,51-,52-,53-,54+,60?/m0/s1. The first-order chi connectivity index (χ1) is 36.9. The van der Waals surface area contributed by atoms with Gasteiger partial charge in [-0.3, -0.25) is 29.0 Å². The molecule has 0 aromatic heterocycles. The summed E-state index contributed by atoms with van der Waals surface area (Å²) < 4.78 is 12.9. The summed E-state index contributed by atoms with van der Waals surface area (Å²) in [7, 11) is 0. The molecule has 4 amide bonds. The van der Waals surface area contributed by atoms with Crippen LogP contribution < -0.4 is 21.4 Å². The number of amides is 4. The van der Waals surface area contributed by atoms with Gasteiger partial charge in [0.05, 0.1) is 36.4 Å². The third-order valence-corrected chi connectivity index (χ3v) is 16.9. The van der Waals surface area contributed by atoms with E-state index < -0.39 is 102 Å². The van der Waals surface area contributed by atoms with Crippen LogP contribution in [0.15, 0.2) is 72.4 Å². The van der Waals surface area contributed by atoms with Crippen molar-refractivity contribution in [2.75, 3.05) is 6.54 Å². The molecule has 17 atom stereocenters. The summed E-state index contributed by atoms with van der Waals surface area (Å²) in [5.74, 6) is -6.33. The van der Waals surface area contributed by atoms with Gasteiger partial charge in [-0.05, 0) is 93.9 Å². The summed E-state index contributed by atoms with van der Waals surface area (Å²) >= 11 is 0. The van der Waals surface area contributed by atoms with Crippen LogP contribution in [0.1, 0.15) is 139 Å². The molecule has 78 heavy (non-hydrogen) atoms. The average Bonchev–Trinajstić information content (AvgIpc) is 3.51. The van der Waals surface area contributed by atoms with Crippen LogP contribution in [0.3, 0.4) is 0 Å². The van der Waals surface area contributed by atoms with E-state index in [4.69, 9.17) is 9.47 Å². The van der Waals surface area contributed by atoms with E-state index in [2.05, 4.69) is 28.3 Å². The number of ketones is 1. The van der Waals surface area contributed by atoms with E-state index in [9.17, 15) is 54.3 Å². The molecule has 3 saturated heterocycles. The Hall–Kier alpha value is -5.24. The molecule has 0 saturated carbocycles. The molecule has 18 heteroatoms. The zero-order chi connectivity index (χ0) is 57.6. The van der Waals surface area contributed by atoms with E-state index in [1.54, 1.807) is 51.1 Å². The third-order valence-electron chi connectivity index (χ3n) is 16.9. The quantitative estimate of drug-likeness (QED) is 0.0786. The number of nitrogens with zero attached hydrogens (tertiary/aromatic N) is 1. The monoisotopic (exact) mass is 1090 g/mol. The number of phenols is 1. The number of carbonyl (C=O) groups excluding carboxylic acids is 6. The number of aliphatic hydroxyl groups is 4. The lowest BCUT2D eigenvalue weighted by atomic mass is 9.69. The highest BCUT2D eigenvalue weighted by Crippen LogP contribution is 2.46. The van der Waals surface area contributed by atoms with Gasteiger partial charge >= 0.3 is 5.97 Å². The lowest BCUT2D eigenvalue weighted by Crippen LogP contribution is -2.71. The SMILES string of the molecule is CC[C@H]1CC(C)C2(NC1=O)O[C@@H](C[C@H](O)[C@@H](C)CC/C=C/C=C(\C)[C@@H]1C/C=C/C=C/[C@H](O)[C@H](C)[C@@H](O)[C@@H](CCC(C)=O)C(=O)N[C@@H](C(C)C)C(=O)NC(Cc3cccc(O)c3)C(=O)N3CCC[C@H](N3)C(=O)O1)[C@H](C)[C@H](O)[C@@H]2C. The van der Waals surface area contributed by atoms with Crippen LogP contribution in [0, 0.1) is 47.3 Å². The van der Waals surface area contributed by atoms with Gasteiger partial charge in [0.1, 0.15) is 41.5 Å². The highest BCUT2D eigenvalue weighted by Gasteiger charge is 2.57. The number of hydrogen-bond donors (Lipinski definition) is 9. The van der Waals surface area contributed by atoms with Crippen molar-refractivity contribution in [3.63, 3.8) is 0 Å². The molecule has 434 valence electrons. The minimum Gasteiger partial charge on any atom is -0.508 e. The fraction of sp³-hybridized carbons (Fsp3) is 0.667. The van der Waals surface area contributed by atoms with E-state index in [-0.39, 0.29) is 79.3 Å². The lowest BCUT2D eigenvalue weighted by Gasteiger charge is -2.56. The van der Waals surface area contributed by atoms with Gasteiger partial charge in [0.15, 0.2) is 0 Å². The molecule has 0 aliphatic carbocycles. The number of aliphatic hydroxyl groups excluding tert-OH is 4. The van der Waals surface area contributed by atoms with Crippen molar-refractivity contribution in [2.24, 2.45) is 47.3 Å². The first-order valence-corrected chi connectivity index (χ1v) is 28.4. The molecule has 1 aromatic rings. The van der Waals surface area contributed by atoms with Crippen LogP contribution in [0.5, 0.6) is 5.75 Å². The fourth-order valence-corrected chi connectivity index (χ4v) is 11.3. The van der Waals surface area contributed by atoms with Gasteiger partial charge in [-0.25, -0.2) is 5.43 Å². The van der Waals surface area contributed by atoms with Gasteiger partial charge < -0.3 is 55.8 Å². The number of cyclic esters (lactones) is 1. The summed E-state index contributed by atoms with van der Waals surface area (Å²) in [6.45, 7) is 18.3. The molecule has 3 unspecified atom stereocenters. The van der Waals surface area contributed by atoms with Crippen LogP contribution in [0.2, 0.25) is 0 Å². The maximum absolute atomic E-state index is 14.5. The number of carbonyl (C=O) groups is 6. The third kappa shape index (κ3) is 16.7. The fourth-order valence-electron chi connectivity index (χ4n) is 11.3. The molecular formula is C60H91N5O13. The molecule has 18 nitrogen and oxygen atoms in total. The van der Waals surface area contributed by atoms with Crippen LogP contribution in [-0.4, -0.2) is 133 Å². The normalized spacial score (nSPS) is 34.9. The zero-order valence-corrected chi connectivity index (χ0v) is 47.6. The predicted molar refractivity (Wildman–Crippen MR) is 295 cm³/mol. The lowest BCUT2D eigenvalue weighted by molar-refractivity contribution is -0.267. The van der Waals surface area contributed by atoms with Gasteiger partial charge in [-0.15, -0.1) is 0 Å². The van der Waals surface area contributed by atoms with Crippen molar-refractivity contribution in [2.45, 2.75) is 200 Å². The molecule has 4 aliphatic rings. The largest absolute Gasteiger partial charge is 0.508 e. The van der Waals surface area contributed by atoms with E-state index in [0.29, 0.717) is 49.7 Å². The van der Waals surface area contributed by atoms with E-state index in [1.165, 1.54) is 30.1 Å². The second-order valence-corrected chi connectivity index (χ2v) is 23.2. The zero-order valence-electron chi connectivity index (χ0n) is 47.6. The van der Waals surface area contributed by atoms with E-state index in [1.807, 2.05) is 52.8 Å². The molecule has 2 bridgehead atoms. The summed E-state index contributed by atoms with van der Waals surface area (Å²) in [6.07, 6.45) is 10.6. The Balaban J connectivity index is 1.35. The van der Waals surface area contributed by atoms with Crippen LogP contribution in [0.25, 0.3) is 0 Å². The van der Waals surface area contributed by atoms with Crippen molar-refractivity contribution in [1.29, 1.82) is 0 Å². The number of piperidine rings is 1. The summed E-state index contributed by atoms with van der Waals surface area (Å²) in [6, 6.07) is 2.90. The number of hydrogen-bond acceptors (Lipinski definition) is 14. The highest BCUT2D eigenvalue weighted by molar-refractivity contribution is 5.93. The number of phenolic OH excluding ortho intramolecular Hbond substituents is 1. The highest BCUT2D eigenvalue weighted by atomic mass is 16.5. The number of allylic oxidation sites excluding steroid dienone is 5. The Morgan fingerprint density at radius 1 is 0.949 bits per heavy atom. The number of hydrazine groups is 1. The predicted octanol–water partition coefficient (Wildman–Crippen LogP) is 5.41. The van der Waals surface area contributed by atoms with Crippen LogP contribution in [0.4, 0.5) is 0 Å². The number of fused-ring (bicyclic) bond motifs is 2. The topological polar surface area (TPSA) is 273 Å². The molecule has 1 aromatic carbocycles. The van der Waals surface area contributed by atoms with Gasteiger partial charge in [0.25, 0.3) is 5.91 Å². The molecule has 5 rings (SSSR count). The second kappa shape index (κ2) is 29.3. The van der Waals surface area contributed by atoms with E-state index in [0.717, 1.165) is 6.42 Å². The number of ether oxygens (including phenoxy) is 2. The van der Waals surface area contributed by atoms with Crippen LogP contribution in [-0.2, 0) is 44.7 Å². The van der Waals surface area contributed by atoms with Gasteiger partial charge in [-0.2, -0.15) is 0 Å². The molecular weight excluding hydrogens is 999 g/mol. The number of esters is 1. The van der Waals surface area contributed by atoms with Crippen molar-refractivity contribution in [3.8, 4) is 5.75 Å². The van der Waals surface area contributed by atoms with Crippen molar-refractivity contribution >= 4 is 35.4 Å². The summed E-state index contributed by atoms with van der Waals surface area (Å²) in [4.78, 5) is 82.2. The number of rotatable bonds is 15. The molecule has 4 heterocycles. The Morgan fingerprint density at radius 3 is 2.36 bits per heavy atom. The van der Waals surface area contributed by atoms with Gasteiger partial charge in [0, 0.05) is 61.8 Å². The molecule has 3 fully saturated rings. The average molecular weight is 1090 g/mol. The Kier molecular flexibility index (Phi) is 23.9. The Morgan fingerprint density at radius 2 is 1.68 bits per heavy atom. The Bertz CT molecular complexity index is 2340. The van der Waals surface area contributed by atoms with Crippen LogP contribution >= 0.6 is 0 Å². The minimum atomic E-state index is -1.43. The molecule has 4 aliphatic heterocycles. The smallest absolute Gasteiger partial charge is 0.325 e. The summed E-state index contributed by atoms with van der Waals surface area (Å²) in [5, 5.41) is 66.1. The summed E-state index contributed by atoms with van der Waals surface area (Å²) in [5.41, 5.74) is 3.27. The number of aromatic hydroxyl groups is 1. The van der Waals surface area contributed by atoms with E-state index >= 15 is 0 Å². The maximum Gasteiger partial charge on any atom is 0.325 e. The maximum atomic E-state index is 14.5. The second-order valence-electron chi connectivity index (χ2n) is 23.2. The molecule has 1 spiro atoms. The number of nitrogens with one attached hydrogen (secondary N) is 4. The molecule has 0 radical (unpaired) electrons. The van der Waals surface area contributed by atoms with Gasteiger partial charge in [-0.1, -0.05) is 110 Å². The Labute approximate surface area is 461 Å². The minimum absolute atomic E-state index is 0.0254. The first kappa shape index (κ1) is 63.6. The van der Waals surface area contributed by atoms with Gasteiger partial charge in [0.2, 0.25) is 17.7 Å². The van der Waals surface area contributed by atoms with Crippen molar-refractivity contribution in [3.05, 3.63) is 77.9 Å². The van der Waals surface area contributed by atoms with Crippen molar-refractivity contribution < 1.29 is 63.8 Å². The molecule has 9 N–H and O–H groups in total. The number of benzene rings is 1. The number of Topliss-reactive ketones (excluding diaryl/α,β-unsaturated/α-hetero) is 1.